The molecule has 0 radical (unpaired) electrons. The molecule has 1 heterocycles. The molecule has 3 heteroatoms. The van der Waals surface area contributed by atoms with Crippen LogP contribution in [0.3, 0.4) is 0 Å². The van der Waals surface area contributed by atoms with E-state index >= 15 is 0 Å². The number of hydrogen-bond donors (Lipinski definition) is 1. The van der Waals surface area contributed by atoms with E-state index in [0.29, 0.717) is 6.04 Å². The van der Waals surface area contributed by atoms with Gasteiger partial charge in [-0.25, -0.2) is 4.98 Å². The van der Waals surface area contributed by atoms with Crippen LogP contribution in [-0.2, 0) is 6.54 Å². The Morgan fingerprint density at radius 3 is 2.88 bits per heavy atom. The summed E-state index contributed by atoms with van der Waals surface area (Å²) in [6, 6.07) is 0.430. The summed E-state index contributed by atoms with van der Waals surface area (Å²) in [5.74, 6) is 2.13. The topological polar surface area (TPSA) is 29.9 Å². The van der Waals surface area contributed by atoms with Crippen molar-refractivity contribution < 1.29 is 0 Å². The van der Waals surface area contributed by atoms with E-state index in [1.54, 1.807) is 0 Å². The zero-order valence-electron chi connectivity index (χ0n) is 11.2. The zero-order valence-corrected chi connectivity index (χ0v) is 11.2. The molecule has 0 amide bonds. The highest BCUT2D eigenvalue weighted by Gasteiger charge is 2.22. The van der Waals surface area contributed by atoms with Crippen LogP contribution in [0.1, 0.15) is 57.3 Å². The van der Waals surface area contributed by atoms with Gasteiger partial charge in [0.2, 0.25) is 0 Å². The molecule has 0 saturated heterocycles. The van der Waals surface area contributed by atoms with Gasteiger partial charge in [0.15, 0.2) is 0 Å². The normalized spacial score (nSPS) is 18.7. The first-order valence-corrected chi connectivity index (χ1v) is 7.03. The molecule has 0 aliphatic heterocycles. The average molecular weight is 235 g/mol. The third kappa shape index (κ3) is 3.09. The first-order chi connectivity index (χ1) is 8.35. The highest BCUT2D eigenvalue weighted by molar-refractivity contribution is 5.00. The van der Waals surface area contributed by atoms with Gasteiger partial charge in [-0.1, -0.05) is 32.6 Å². The summed E-state index contributed by atoms with van der Waals surface area (Å²) < 4.78 is 2.30. The van der Waals surface area contributed by atoms with Crippen molar-refractivity contribution in [1.29, 1.82) is 0 Å². The maximum Gasteiger partial charge on any atom is 0.125 e. The third-order valence-corrected chi connectivity index (χ3v) is 3.92. The standard InChI is InChI=1S/C14H25N3/c1-3-9-17-10-8-16-14(17)13(15-2)11-12-6-4-5-7-12/h8,10,12-13,15H,3-7,9,11H2,1-2H3. The number of aromatic nitrogens is 2. The Balaban J connectivity index is 2.02. The second kappa shape index (κ2) is 6.20. The van der Waals surface area contributed by atoms with Crippen molar-refractivity contribution in [1.82, 2.24) is 14.9 Å². The van der Waals surface area contributed by atoms with E-state index in [2.05, 4.69) is 35.0 Å². The third-order valence-electron chi connectivity index (χ3n) is 3.92. The van der Waals surface area contributed by atoms with E-state index < -0.39 is 0 Å². The van der Waals surface area contributed by atoms with Gasteiger partial charge in [-0.2, -0.15) is 0 Å². The number of hydrogen-bond acceptors (Lipinski definition) is 2. The van der Waals surface area contributed by atoms with Crippen molar-refractivity contribution in [2.45, 2.75) is 58.0 Å². The maximum absolute atomic E-state index is 4.55. The predicted molar refractivity (Wildman–Crippen MR) is 70.9 cm³/mol. The van der Waals surface area contributed by atoms with Crippen molar-refractivity contribution in [3.05, 3.63) is 18.2 Å². The van der Waals surface area contributed by atoms with E-state index in [1.165, 1.54) is 44.3 Å². The minimum Gasteiger partial charge on any atom is -0.334 e. The summed E-state index contributed by atoms with van der Waals surface area (Å²) in [5, 5.41) is 3.45. The molecule has 1 aromatic rings. The Bertz CT molecular complexity index is 326. The van der Waals surface area contributed by atoms with Crippen LogP contribution in [0.25, 0.3) is 0 Å². The van der Waals surface area contributed by atoms with E-state index in [1.807, 2.05) is 6.20 Å². The van der Waals surface area contributed by atoms with Gasteiger partial charge in [0, 0.05) is 18.9 Å². The molecule has 3 nitrogen and oxygen atoms in total. The largest absolute Gasteiger partial charge is 0.334 e. The smallest absolute Gasteiger partial charge is 0.125 e. The van der Waals surface area contributed by atoms with Crippen molar-refractivity contribution in [2.75, 3.05) is 7.05 Å². The van der Waals surface area contributed by atoms with Crippen LogP contribution in [-0.4, -0.2) is 16.6 Å². The fourth-order valence-corrected chi connectivity index (χ4v) is 2.99. The number of aryl methyl sites for hydroxylation is 1. The van der Waals surface area contributed by atoms with Gasteiger partial charge in [0.25, 0.3) is 0 Å². The van der Waals surface area contributed by atoms with Gasteiger partial charge < -0.3 is 9.88 Å². The van der Waals surface area contributed by atoms with Gasteiger partial charge in [0.05, 0.1) is 6.04 Å². The maximum atomic E-state index is 4.55. The highest BCUT2D eigenvalue weighted by atomic mass is 15.1. The lowest BCUT2D eigenvalue weighted by Crippen LogP contribution is -2.23. The van der Waals surface area contributed by atoms with Gasteiger partial charge >= 0.3 is 0 Å². The van der Waals surface area contributed by atoms with Gasteiger partial charge in [0.1, 0.15) is 5.82 Å². The highest BCUT2D eigenvalue weighted by Crippen LogP contribution is 2.32. The van der Waals surface area contributed by atoms with Crippen molar-refractivity contribution >= 4 is 0 Å². The summed E-state index contributed by atoms with van der Waals surface area (Å²) in [5.41, 5.74) is 0. The SMILES string of the molecule is CCCn1ccnc1C(CC1CCCC1)NC. The predicted octanol–water partition coefficient (Wildman–Crippen LogP) is 3.13. The van der Waals surface area contributed by atoms with Crippen LogP contribution in [0.5, 0.6) is 0 Å². The fourth-order valence-electron chi connectivity index (χ4n) is 2.99. The second-order valence-electron chi connectivity index (χ2n) is 5.21. The van der Waals surface area contributed by atoms with E-state index in [9.17, 15) is 0 Å². The first kappa shape index (κ1) is 12.6. The molecule has 17 heavy (non-hydrogen) atoms. The number of rotatable bonds is 6. The summed E-state index contributed by atoms with van der Waals surface area (Å²) >= 11 is 0. The number of nitrogens with one attached hydrogen (secondary N) is 1. The summed E-state index contributed by atoms with van der Waals surface area (Å²) in [6.45, 7) is 3.30. The molecule has 0 aromatic carbocycles. The van der Waals surface area contributed by atoms with Crippen LogP contribution < -0.4 is 5.32 Å². The minimum atomic E-state index is 0.430. The van der Waals surface area contributed by atoms with Crippen LogP contribution in [0.4, 0.5) is 0 Å². The molecule has 1 N–H and O–H groups in total. The van der Waals surface area contributed by atoms with Gasteiger partial charge in [-0.05, 0) is 25.8 Å². The summed E-state index contributed by atoms with van der Waals surface area (Å²) in [4.78, 5) is 4.55. The van der Waals surface area contributed by atoms with Crippen LogP contribution >= 0.6 is 0 Å². The van der Waals surface area contributed by atoms with Crippen LogP contribution in [0, 0.1) is 5.92 Å². The quantitative estimate of drug-likeness (QED) is 0.821. The number of nitrogens with zero attached hydrogens (tertiary/aromatic N) is 2. The second-order valence-corrected chi connectivity index (χ2v) is 5.21. The molecule has 1 saturated carbocycles. The Morgan fingerprint density at radius 2 is 2.24 bits per heavy atom. The molecule has 1 unspecified atom stereocenters. The van der Waals surface area contributed by atoms with Crippen molar-refractivity contribution in [2.24, 2.45) is 5.92 Å². The van der Waals surface area contributed by atoms with E-state index in [-0.39, 0.29) is 0 Å². The lowest BCUT2D eigenvalue weighted by molar-refractivity contribution is 0.390. The molecule has 2 rings (SSSR count). The molecule has 0 spiro atoms. The van der Waals surface area contributed by atoms with E-state index in [4.69, 9.17) is 0 Å². The molecule has 1 fully saturated rings. The Morgan fingerprint density at radius 1 is 1.47 bits per heavy atom. The Labute approximate surface area is 105 Å². The Kier molecular flexibility index (Phi) is 4.60. The molecule has 1 aliphatic carbocycles. The van der Waals surface area contributed by atoms with Gasteiger partial charge in [-0.3, -0.25) is 0 Å². The van der Waals surface area contributed by atoms with E-state index in [0.717, 1.165) is 12.5 Å². The molecular formula is C14H25N3. The van der Waals surface area contributed by atoms with Crippen LogP contribution in [0.2, 0.25) is 0 Å². The lowest BCUT2D eigenvalue weighted by atomic mass is 9.98. The average Bonchev–Trinajstić information content (AvgIpc) is 2.97. The first-order valence-electron chi connectivity index (χ1n) is 7.03. The van der Waals surface area contributed by atoms with Crippen LogP contribution in [0.15, 0.2) is 12.4 Å². The monoisotopic (exact) mass is 235 g/mol. The molecular weight excluding hydrogens is 210 g/mol. The minimum absolute atomic E-state index is 0.430. The van der Waals surface area contributed by atoms with Crippen molar-refractivity contribution in [3.8, 4) is 0 Å². The number of imidazole rings is 1. The molecule has 1 atom stereocenters. The molecule has 96 valence electrons. The molecule has 1 aliphatic rings. The molecule has 0 bridgehead atoms. The summed E-state index contributed by atoms with van der Waals surface area (Å²) in [6.07, 6.45) is 12.1. The molecule has 1 aromatic heterocycles. The Hall–Kier alpha value is -0.830. The fraction of sp³-hybridized carbons (Fsp3) is 0.786. The van der Waals surface area contributed by atoms with Crippen molar-refractivity contribution in [3.63, 3.8) is 0 Å². The lowest BCUT2D eigenvalue weighted by Gasteiger charge is -2.20. The zero-order chi connectivity index (χ0) is 12.1. The van der Waals surface area contributed by atoms with Gasteiger partial charge in [-0.15, -0.1) is 0 Å². The summed E-state index contributed by atoms with van der Waals surface area (Å²) in [7, 11) is 2.06.